The maximum atomic E-state index is 13.7. The maximum Gasteiger partial charge on any atom is 0.387 e. The minimum atomic E-state index is -2.87. The van der Waals surface area contributed by atoms with E-state index >= 15 is 0 Å². The van der Waals surface area contributed by atoms with Crippen LogP contribution in [0, 0.1) is 5.21 Å². The number of alkyl halides is 2. The van der Waals surface area contributed by atoms with Crippen molar-refractivity contribution in [2.24, 2.45) is 0 Å². The van der Waals surface area contributed by atoms with E-state index in [4.69, 9.17) is 0 Å². The Balaban J connectivity index is 1.97. The molecule has 6 heteroatoms. The summed E-state index contributed by atoms with van der Waals surface area (Å²) in [6.07, 6.45) is 1.60. The third-order valence-corrected chi connectivity index (χ3v) is 5.19. The number of ether oxygens (including phenoxy) is 1. The van der Waals surface area contributed by atoms with E-state index in [9.17, 15) is 14.0 Å². The number of rotatable bonds is 6. The fourth-order valence-corrected chi connectivity index (χ4v) is 3.75. The van der Waals surface area contributed by atoms with Crippen LogP contribution < -0.4 is 9.38 Å². The van der Waals surface area contributed by atoms with Gasteiger partial charge in [0.1, 0.15) is 17.0 Å². The Morgan fingerprint density at radius 1 is 1.21 bits per heavy atom. The van der Waals surface area contributed by atoms with Crippen LogP contribution in [0.5, 0.6) is 5.75 Å². The highest BCUT2D eigenvalue weighted by Crippen LogP contribution is 2.57. The van der Waals surface area contributed by atoms with Crippen LogP contribution in [0.3, 0.4) is 0 Å². The molecular formula is C18H18BrF2NO2. The third-order valence-electron chi connectivity index (χ3n) is 4.70. The van der Waals surface area contributed by atoms with E-state index in [0.29, 0.717) is 12.2 Å². The van der Waals surface area contributed by atoms with Crippen LogP contribution in [-0.2, 0) is 5.54 Å². The summed E-state index contributed by atoms with van der Waals surface area (Å²) in [5.41, 5.74) is 1.04. The van der Waals surface area contributed by atoms with Crippen LogP contribution >= 0.6 is 15.9 Å². The topological polar surface area (TPSA) is 32.3 Å². The second-order valence-electron chi connectivity index (χ2n) is 5.97. The number of hydroxylamine groups is 2. The molecule has 3 nitrogen and oxygen atoms in total. The Kier molecular flexibility index (Phi) is 4.64. The van der Waals surface area contributed by atoms with Crippen molar-refractivity contribution in [1.29, 1.82) is 0 Å². The predicted octanol–water partition coefficient (Wildman–Crippen LogP) is 5.56. The Hall–Kier alpha value is -1.50. The van der Waals surface area contributed by atoms with Crippen molar-refractivity contribution in [3.05, 3.63) is 63.8 Å². The van der Waals surface area contributed by atoms with Crippen molar-refractivity contribution in [1.82, 2.24) is 4.65 Å². The molecule has 0 amide bonds. The molecule has 1 aliphatic carbocycles. The van der Waals surface area contributed by atoms with E-state index in [1.807, 2.05) is 31.2 Å². The van der Waals surface area contributed by atoms with Crippen LogP contribution in [0.15, 0.2) is 53.0 Å². The average molecular weight is 398 g/mol. The fraction of sp³-hybridized carbons (Fsp3) is 0.333. The lowest BCUT2D eigenvalue weighted by molar-refractivity contribution is -0.0498. The predicted molar refractivity (Wildman–Crippen MR) is 93.8 cm³/mol. The van der Waals surface area contributed by atoms with Crippen LogP contribution in [-0.4, -0.2) is 13.2 Å². The molecule has 0 heterocycles. The first-order valence-electron chi connectivity index (χ1n) is 7.82. The number of hydrogen-bond acceptors (Lipinski definition) is 2. The lowest BCUT2D eigenvalue weighted by Gasteiger charge is -2.49. The van der Waals surface area contributed by atoms with Gasteiger partial charge in [0.05, 0.1) is 6.54 Å². The van der Waals surface area contributed by atoms with Crippen molar-refractivity contribution in [2.45, 2.75) is 31.9 Å². The second-order valence-corrected chi connectivity index (χ2v) is 6.89. The van der Waals surface area contributed by atoms with Gasteiger partial charge in [-0.3, -0.25) is 0 Å². The van der Waals surface area contributed by atoms with E-state index in [-0.39, 0.29) is 5.75 Å². The van der Waals surface area contributed by atoms with Crippen molar-refractivity contribution in [3.63, 3.8) is 0 Å². The molecule has 1 atom stereocenters. The number of benzene rings is 2. The lowest BCUT2D eigenvalue weighted by Crippen LogP contribution is -2.52. The summed E-state index contributed by atoms with van der Waals surface area (Å²) in [6.45, 7) is -0.652. The molecule has 1 unspecified atom stereocenters. The lowest BCUT2D eigenvalue weighted by atomic mass is 10.0. The molecule has 24 heavy (non-hydrogen) atoms. The molecule has 0 spiro atoms. The highest BCUT2D eigenvalue weighted by molar-refractivity contribution is 9.10. The summed E-state index contributed by atoms with van der Waals surface area (Å²) < 4.78 is 29.4. The molecule has 3 rings (SSSR count). The van der Waals surface area contributed by atoms with Gasteiger partial charge >= 0.3 is 6.61 Å². The molecule has 1 saturated carbocycles. The minimum Gasteiger partial charge on any atom is -0.627 e. The summed E-state index contributed by atoms with van der Waals surface area (Å²) in [6, 6.07) is 13.9. The number of nitrogens with zero attached hydrogens (tertiary/aromatic N) is 1. The summed E-state index contributed by atoms with van der Waals surface area (Å²) in [4.78, 5) is 0. The SMILES string of the molecule is CC[N+]([O-])(c1ccc(OC(F)F)cc1)C1(c2cccc(Br)c2)CC1. The highest BCUT2D eigenvalue weighted by Gasteiger charge is 2.58. The minimum absolute atomic E-state index is 0.0590. The van der Waals surface area contributed by atoms with Gasteiger partial charge in [0.25, 0.3) is 0 Å². The fourth-order valence-electron chi connectivity index (χ4n) is 3.36. The zero-order chi connectivity index (χ0) is 17.4. The average Bonchev–Trinajstić information content (AvgIpc) is 3.36. The van der Waals surface area contributed by atoms with Crippen LogP contribution in [0.4, 0.5) is 14.5 Å². The van der Waals surface area contributed by atoms with Gasteiger partial charge in [-0.1, -0.05) is 28.1 Å². The van der Waals surface area contributed by atoms with Gasteiger partial charge in [0.15, 0.2) is 0 Å². The first-order chi connectivity index (χ1) is 11.4. The quantitative estimate of drug-likeness (QED) is 0.471. The number of hydrogen-bond donors (Lipinski definition) is 0. The van der Waals surface area contributed by atoms with Crippen molar-refractivity contribution >= 4 is 21.6 Å². The van der Waals surface area contributed by atoms with Gasteiger partial charge in [-0.25, -0.2) is 0 Å². The highest BCUT2D eigenvalue weighted by atomic mass is 79.9. The van der Waals surface area contributed by atoms with Crippen LogP contribution in [0.25, 0.3) is 0 Å². The van der Waals surface area contributed by atoms with E-state index < -0.39 is 16.8 Å². The first-order valence-corrected chi connectivity index (χ1v) is 8.61. The van der Waals surface area contributed by atoms with Gasteiger partial charge in [0.2, 0.25) is 0 Å². The molecule has 0 N–H and O–H groups in total. The zero-order valence-corrected chi connectivity index (χ0v) is 14.8. The van der Waals surface area contributed by atoms with Gasteiger partial charge in [-0.05, 0) is 31.2 Å². The van der Waals surface area contributed by atoms with E-state index in [0.717, 1.165) is 22.9 Å². The molecule has 0 aliphatic heterocycles. The molecule has 1 fully saturated rings. The molecule has 1 aliphatic rings. The molecule has 2 aromatic carbocycles. The van der Waals surface area contributed by atoms with E-state index in [1.54, 1.807) is 12.1 Å². The Bertz CT molecular complexity index is 719. The Morgan fingerprint density at radius 2 is 1.88 bits per heavy atom. The number of quaternary nitrogens is 1. The molecule has 128 valence electrons. The smallest absolute Gasteiger partial charge is 0.387 e. The molecule has 0 bridgehead atoms. The summed E-state index contributed by atoms with van der Waals surface area (Å²) >= 11 is 3.46. The molecular weight excluding hydrogens is 380 g/mol. The Labute approximate surface area is 148 Å². The van der Waals surface area contributed by atoms with Gasteiger partial charge in [0, 0.05) is 35.0 Å². The van der Waals surface area contributed by atoms with Crippen LogP contribution in [0.1, 0.15) is 25.3 Å². The monoisotopic (exact) mass is 397 g/mol. The summed E-state index contributed by atoms with van der Waals surface area (Å²) in [5.74, 6) is 0.0590. The van der Waals surface area contributed by atoms with E-state index in [1.165, 1.54) is 12.1 Å². The maximum absolute atomic E-state index is 13.7. The van der Waals surface area contributed by atoms with Crippen molar-refractivity contribution < 1.29 is 13.5 Å². The van der Waals surface area contributed by atoms with Gasteiger partial charge in [-0.15, -0.1) is 0 Å². The first kappa shape index (κ1) is 17.3. The van der Waals surface area contributed by atoms with Crippen molar-refractivity contribution in [3.8, 4) is 5.75 Å². The normalized spacial score (nSPS) is 18.2. The molecule has 0 aromatic heterocycles. The standard InChI is InChI=1S/C18H18BrF2NO2/c1-2-22(23,15-6-8-16(9-7-15)24-17(20)21)18(10-11-18)13-4-3-5-14(19)12-13/h3-9,12,17H,2,10-11H2,1H3. The van der Waals surface area contributed by atoms with E-state index in [2.05, 4.69) is 20.7 Å². The zero-order valence-electron chi connectivity index (χ0n) is 13.2. The van der Waals surface area contributed by atoms with Gasteiger partial charge < -0.3 is 14.6 Å². The third kappa shape index (κ3) is 2.94. The summed E-state index contributed by atoms with van der Waals surface area (Å²) in [7, 11) is 0. The Morgan fingerprint density at radius 3 is 2.38 bits per heavy atom. The second kappa shape index (κ2) is 6.43. The largest absolute Gasteiger partial charge is 0.627 e. The molecule has 0 saturated heterocycles. The molecule has 2 aromatic rings. The van der Waals surface area contributed by atoms with Gasteiger partial charge in [-0.2, -0.15) is 8.78 Å². The van der Waals surface area contributed by atoms with Crippen LogP contribution in [0.2, 0.25) is 0 Å². The summed E-state index contributed by atoms with van der Waals surface area (Å²) in [5, 5.41) is 13.7. The molecule has 0 radical (unpaired) electrons. The number of halogens is 3. The van der Waals surface area contributed by atoms with Crippen molar-refractivity contribution in [2.75, 3.05) is 6.54 Å².